The van der Waals surface area contributed by atoms with Gasteiger partial charge in [-0.15, -0.1) is 0 Å². The van der Waals surface area contributed by atoms with Gasteiger partial charge in [-0.1, -0.05) is 109 Å². The number of benzene rings is 2. The van der Waals surface area contributed by atoms with E-state index in [-0.39, 0.29) is 81.2 Å². The summed E-state index contributed by atoms with van der Waals surface area (Å²) >= 11 is 6.10. The Kier molecular flexibility index (Phi) is 28.5. The largest absolute Gasteiger partial charge is 0.417 e. The predicted octanol–water partition coefficient (Wildman–Crippen LogP) is 6.01. The van der Waals surface area contributed by atoms with Gasteiger partial charge in [-0.05, 0) is 120 Å². The highest BCUT2D eigenvalue weighted by Gasteiger charge is 2.47. The lowest BCUT2D eigenvalue weighted by atomic mass is 9.95. The summed E-state index contributed by atoms with van der Waals surface area (Å²) in [5, 5.41) is 10.6. The summed E-state index contributed by atoms with van der Waals surface area (Å²) < 4.78 is 41.4. The minimum atomic E-state index is -4.77. The molecule has 4 rings (SSSR count). The zero-order chi connectivity index (χ0) is 71.3. The Balaban J connectivity index is 1.87. The van der Waals surface area contributed by atoms with E-state index in [4.69, 9.17) is 11.6 Å². The quantitative estimate of drug-likeness (QED) is 0.180. The molecule has 2 aromatic carbocycles. The summed E-state index contributed by atoms with van der Waals surface area (Å²) in [6.45, 7) is 22.1. The van der Waals surface area contributed by atoms with Crippen molar-refractivity contribution in [2.24, 2.45) is 23.7 Å². The average Bonchev–Trinajstić information content (AvgIpc) is 0.791. The first kappa shape index (κ1) is 79.1. The molecule has 0 aromatic heterocycles. The number of aryl methyl sites for hydroxylation is 2. The number of rotatable bonds is 13. The highest BCUT2D eigenvalue weighted by Crippen LogP contribution is 2.35. The highest BCUT2D eigenvalue weighted by atomic mass is 35.5. The zero-order valence-corrected chi connectivity index (χ0v) is 59.2. The van der Waals surface area contributed by atoms with Gasteiger partial charge in [0.05, 0.1) is 17.1 Å². The van der Waals surface area contributed by atoms with E-state index in [0.717, 1.165) is 27.5 Å². The van der Waals surface area contributed by atoms with E-state index in [1.165, 1.54) is 93.6 Å². The van der Waals surface area contributed by atoms with Gasteiger partial charge in [-0.3, -0.25) is 52.7 Å². The number of alkyl halides is 3. The summed E-state index contributed by atoms with van der Waals surface area (Å²) in [6.07, 6.45) is -4.46. The van der Waals surface area contributed by atoms with Crippen LogP contribution >= 0.6 is 11.6 Å². The van der Waals surface area contributed by atoms with E-state index in [1.54, 1.807) is 39.8 Å². The molecule has 524 valence electrons. The van der Waals surface area contributed by atoms with Crippen LogP contribution in [0.25, 0.3) is 0 Å². The summed E-state index contributed by atoms with van der Waals surface area (Å²) in [5.41, 5.74) is -0.960. The van der Waals surface area contributed by atoms with Crippen LogP contribution in [0.2, 0.25) is 5.02 Å². The van der Waals surface area contributed by atoms with Crippen LogP contribution in [-0.2, 0) is 71.8 Å². The summed E-state index contributed by atoms with van der Waals surface area (Å²) in [6, 6.07) is -0.244. The number of carbonyl (C=O) groups is 11. The van der Waals surface area contributed by atoms with Crippen molar-refractivity contribution in [2.45, 2.75) is 214 Å². The third-order valence-corrected chi connectivity index (χ3v) is 18.8. The molecule has 22 nitrogen and oxygen atoms in total. The van der Waals surface area contributed by atoms with Crippen LogP contribution in [0.15, 0.2) is 42.5 Å². The number of halogens is 4. The Morgan fingerprint density at radius 2 is 1.18 bits per heavy atom. The number of hydrogen-bond donors (Lipinski definition) is 4. The Morgan fingerprint density at radius 1 is 0.617 bits per heavy atom. The molecule has 94 heavy (non-hydrogen) atoms. The van der Waals surface area contributed by atoms with Crippen LogP contribution in [-0.4, -0.2) is 215 Å². The van der Waals surface area contributed by atoms with Crippen molar-refractivity contribution in [3.05, 3.63) is 69.7 Å². The maximum atomic E-state index is 14.9. The molecule has 26 heteroatoms. The number of likely N-dealkylation sites (N-methyl/N-ethyl adjacent to an activating group) is 6. The van der Waals surface area contributed by atoms with E-state index in [0.29, 0.717) is 12.0 Å². The molecule has 2 fully saturated rings. The molecular weight excluding hydrogens is 1240 g/mol. The number of hydrogen-bond acceptors (Lipinski definition) is 11. The number of carbonyl (C=O) groups excluding carboxylic acids is 11. The van der Waals surface area contributed by atoms with E-state index in [9.17, 15) is 65.9 Å². The van der Waals surface area contributed by atoms with Crippen LogP contribution in [0.1, 0.15) is 150 Å². The highest BCUT2D eigenvalue weighted by molar-refractivity contribution is 6.31. The van der Waals surface area contributed by atoms with E-state index >= 15 is 0 Å². The summed E-state index contributed by atoms with van der Waals surface area (Å²) in [4.78, 5) is 170. The molecule has 0 saturated carbocycles. The molecule has 4 N–H and O–H groups in total. The molecule has 1 unspecified atom stereocenters. The smallest absolute Gasteiger partial charge is 0.343 e. The first-order valence-electron chi connectivity index (χ1n) is 32.6. The van der Waals surface area contributed by atoms with E-state index in [2.05, 4.69) is 21.3 Å². The molecule has 0 radical (unpaired) electrons. The summed E-state index contributed by atoms with van der Waals surface area (Å²) in [7, 11) is 8.50. The van der Waals surface area contributed by atoms with Crippen molar-refractivity contribution in [3.63, 3.8) is 0 Å². The number of amides is 11. The molecule has 11 amide bonds. The lowest BCUT2D eigenvalue weighted by Gasteiger charge is -2.45. The molecule has 2 saturated heterocycles. The van der Waals surface area contributed by atoms with Gasteiger partial charge in [0.25, 0.3) is 0 Å². The molecule has 2 aromatic rings. The predicted molar refractivity (Wildman–Crippen MR) is 352 cm³/mol. The molecule has 2 aliphatic rings. The van der Waals surface area contributed by atoms with Gasteiger partial charge in [-0.2, -0.15) is 13.2 Å². The van der Waals surface area contributed by atoms with Crippen LogP contribution in [0.5, 0.6) is 0 Å². The van der Waals surface area contributed by atoms with Gasteiger partial charge >= 0.3 is 6.18 Å². The number of nitrogens with zero attached hydrogens (tertiary/aromatic N) is 7. The van der Waals surface area contributed by atoms with Gasteiger partial charge in [0, 0.05) is 67.7 Å². The van der Waals surface area contributed by atoms with Crippen LogP contribution in [0.3, 0.4) is 0 Å². The monoisotopic (exact) mass is 1340 g/mol. The minimum Gasteiger partial charge on any atom is -0.343 e. The van der Waals surface area contributed by atoms with Gasteiger partial charge < -0.3 is 55.6 Å². The standard InChI is InChI=1S/C68H103ClF3N11O11/c1-20-42(9)57-65(93)79(16)44(11)60(88)83-30-29-52(83)64(92)81(18)54(36-46-23-21-41(8)22-24-46)63(91)77(14)37-55(84)73-49(28-26-45-25-27-47(48(69)35-45)68(70,71)72)58(86)74-51(32-39(4)5)62(90)82(19)67(12,13)66(94)75-50(31-38(2)3)61(89)78(15)43(10)34-56(85)80(17)53(33-40(6)7)59(87)76-57/h21-25,27,35,38-40,42-44,49-54,57H,20,26,28-34,36-37H2,1-19H3,(H,73,84)(H,74,86)(H,75,94)(H,76,87)/t42-,43+,44-,49-,50-,51-,52?,53-,54-,57-/m0/s1. The van der Waals surface area contributed by atoms with Gasteiger partial charge in [0.2, 0.25) is 65.0 Å². The van der Waals surface area contributed by atoms with Crippen molar-refractivity contribution in [1.82, 2.24) is 55.6 Å². The fourth-order valence-corrected chi connectivity index (χ4v) is 11.7. The molecule has 2 aliphatic heterocycles. The Morgan fingerprint density at radius 3 is 1.70 bits per heavy atom. The second-order valence-electron chi connectivity index (χ2n) is 27.6. The van der Waals surface area contributed by atoms with Crippen molar-refractivity contribution >= 4 is 76.6 Å². The third-order valence-electron chi connectivity index (χ3n) is 18.5. The van der Waals surface area contributed by atoms with E-state index < -0.39 is 154 Å². The molecule has 0 aliphatic carbocycles. The van der Waals surface area contributed by atoms with Gasteiger partial charge in [-0.25, -0.2) is 0 Å². The van der Waals surface area contributed by atoms with Crippen LogP contribution < -0.4 is 21.3 Å². The van der Waals surface area contributed by atoms with Crippen LogP contribution in [0, 0.1) is 30.6 Å². The maximum absolute atomic E-state index is 14.9. The topological polar surface area (TPSA) is 259 Å². The lowest BCUT2D eigenvalue weighted by molar-refractivity contribution is -0.160. The van der Waals surface area contributed by atoms with Crippen LogP contribution in [0.4, 0.5) is 13.2 Å². The van der Waals surface area contributed by atoms with Gasteiger partial charge in [0.15, 0.2) is 0 Å². The Bertz CT molecular complexity index is 3060. The van der Waals surface area contributed by atoms with Crippen molar-refractivity contribution in [3.8, 4) is 0 Å². The van der Waals surface area contributed by atoms with Gasteiger partial charge in [0.1, 0.15) is 53.9 Å². The normalized spacial score (nSPS) is 25.3. The maximum Gasteiger partial charge on any atom is 0.417 e. The van der Waals surface area contributed by atoms with Crippen molar-refractivity contribution in [2.75, 3.05) is 55.4 Å². The first-order chi connectivity index (χ1) is 43.5. The minimum absolute atomic E-state index is 0.0166. The molecular formula is C68H103ClF3N11O11. The molecule has 10 atom stereocenters. The SMILES string of the molecule is CC[C@H](C)[C@@H]1NC(=O)[C@H](CC(C)C)N(C)C(=O)C[C@@H](C)N(C)C(=O)[C@H](CC(C)C)NC(=O)C(C)(C)N(C)C(=O)[C@H](CC(C)C)NC(=O)[C@H](CCc2ccc(C(F)(F)F)c(Cl)c2)NC(=O)CN(C)C(=O)[C@H](Cc2ccc(C)cc2)N(C)C(=O)C2CCN2C(=O)[C@H](C)N(C)C1=O. The lowest BCUT2D eigenvalue weighted by Crippen LogP contribution is -2.65. The molecule has 0 spiro atoms. The number of nitrogens with one attached hydrogen (secondary N) is 4. The summed E-state index contributed by atoms with van der Waals surface area (Å²) in [5.74, 6) is -8.38. The Hall–Kier alpha value is -7.31. The zero-order valence-electron chi connectivity index (χ0n) is 58.5. The van der Waals surface area contributed by atoms with Crippen molar-refractivity contribution < 1.29 is 65.9 Å². The molecule has 0 bridgehead atoms. The first-order valence-corrected chi connectivity index (χ1v) is 32.9. The van der Waals surface area contributed by atoms with Crippen molar-refractivity contribution in [1.29, 1.82) is 0 Å². The second-order valence-corrected chi connectivity index (χ2v) is 28.0. The second kappa shape index (κ2) is 33.9. The Labute approximate surface area is 558 Å². The number of fused-ring (bicyclic) bond motifs is 1. The fraction of sp³-hybridized carbons (Fsp3) is 0.662. The third kappa shape index (κ3) is 20.6. The van der Waals surface area contributed by atoms with E-state index in [1.807, 2.05) is 53.7 Å². The fourth-order valence-electron chi connectivity index (χ4n) is 11.4. The average molecular weight is 1340 g/mol. The molecule has 2 heterocycles.